The van der Waals surface area contributed by atoms with Crippen molar-refractivity contribution < 1.29 is 39.0 Å². The first kappa shape index (κ1) is 43.0. The number of nitrogens with zero attached hydrogens (tertiary/aromatic N) is 1. The topological polar surface area (TPSA) is 293 Å². The first-order valence-electron chi connectivity index (χ1n) is 16.0. The van der Waals surface area contributed by atoms with Gasteiger partial charge in [0.2, 0.25) is 29.5 Å². The molecule has 0 saturated heterocycles. The van der Waals surface area contributed by atoms with Gasteiger partial charge < -0.3 is 54.0 Å². The number of hydrogen-bond donors (Lipinski definition) is 10. The fourth-order valence-electron chi connectivity index (χ4n) is 4.41. The maximum absolute atomic E-state index is 13.6. The van der Waals surface area contributed by atoms with Gasteiger partial charge in [-0.1, -0.05) is 48.0 Å². The summed E-state index contributed by atoms with van der Waals surface area (Å²) in [5.41, 5.74) is 16.7. The van der Waals surface area contributed by atoms with Crippen LogP contribution in [0.5, 0.6) is 0 Å². The number of carbonyl (C=O) groups excluding carboxylic acids is 5. The number of carboxylic acid groups (broad SMARTS) is 1. The van der Waals surface area contributed by atoms with Crippen molar-refractivity contribution in [2.24, 2.45) is 39.9 Å². The van der Waals surface area contributed by atoms with Crippen molar-refractivity contribution in [2.45, 2.75) is 117 Å². The summed E-state index contributed by atoms with van der Waals surface area (Å²) in [5.74, 6) is -5.25. The molecule has 0 aliphatic carbocycles. The third-order valence-electron chi connectivity index (χ3n) is 7.33. The monoisotopic (exact) mass is 671 g/mol. The van der Waals surface area contributed by atoms with Crippen LogP contribution >= 0.6 is 0 Å². The summed E-state index contributed by atoms with van der Waals surface area (Å²) in [4.78, 5) is 80.6. The van der Waals surface area contributed by atoms with Crippen LogP contribution in [0.3, 0.4) is 0 Å². The van der Waals surface area contributed by atoms with Crippen molar-refractivity contribution >= 4 is 41.5 Å². The molecule has 0 aliphatic heterocycles. The lowest BCUT2D eigenvalue weighted by Crippen LogP contribution is -2.60. The number of aliphatic hydroxyl groups is 1. The van der Waals surface area contributed by atoms with Crippen molar-refractivity contribution in [3.8, 4) is 0 Å². The molecule has 0 bridgehead atoms. The summed E-state index contributed by atoms with van der Waals surface area (Å²) in [7, 11) is 0. The van der Waals surface area contributed by atoms with Crippen molar-refractivity contribution in [3.05, 3.63) is 0 Å². The van der Waals surface area contributed by atoms with Crippen LogP contribution in [0.2, 0.25) is 0 Å². The van der Waals surface area contributed by atoms with E-state index in [0.29, 0.717) is 19.4 Å². The van der Waals surface area contributed by atoms with Gasteiger partial charge >= 0.3 is 5.97 Å². The van der Waals surface area contributed by atoms with Crippen LogP contribution in [-0.2, 0) is 28.8 Å². The predicted molar refractivity (Wildman–Crippen MR) is 176 cm³/mol. The van der Waals surface area contributed by atoms with E-state index in [4.69, 9.17) is 22.3 Å². The maximum Gasteiger partial charge on any atom is 0.328 e. The van der Waals surface area contributed by atoms with Gasteiger partial charge in [-0.15, -0.1) is 0 Å². The molecule has 17 heteroatoms. The van der Waals surface area contributed by atoms with Gasteiger partial charge in [-0.2, -0.15) is 0 Å². The summed E-state index contributed by atoms with van der Waals surface area (Å²) in [6.45, 7) is 11.8. The van der Waals surface area contributed by atoms with Gasteiger partial charge in [0.15, 0.2) is 5.96 Å². The molecule has 13 N–H and O–H groups in total. The number of aliphatic carboxylic acids is 1. The molecule has 0 radical (unpaired) electrons. The number of aliphatic hydroxyl groups excluding tert-OH is 1. The Labute approximate surface area is 277 Å². The largest absolute Gasteiger partial charge is 0.480 e. The van der Waals surface area contributed by atoms with E-state index in [1.54, 1.807) is 6.92 Å². The zero-order valence-corrected chi connectivity index (χ0v) is 28.7. The number of nitrogens with two attached hydrogens (primary N) is 3. The SMILES string of the molecule is CC[C@H](C)[C@H](NC(=O)[C@H](CC(C)C)NC(=O)[C@@H](N)CCCN=C(N)N)C(=O)N[C@@H](CC(C)C)C(=O)N[C@@H](C)C(=O)N[C@@H](CO)C(=O)O. The Bertz CT molecular complexity index is 1080. The second-order valence-corrected chi connectivity index (χ2v) is 12.6. The van der Waals surface area contributed by atoms with Gasteiger partial charge in [-0.05, 0) is 50.4 Å². The second-order valence-electron chi connectivity index (χ2n) is 12.6. The molecule has 5 amide bonds. The summed E-state index contributed by atoms with van der Waals surface area (Å²) >= 11 is 0. The third kappa shape index (κ3) is 16.9. The van der Waals surface area contributed by atoms with Crippen molar-refractivity contribution in [2.75, 3.05) is 13.2 Å². The molecule has 7 atom stereocenters. The van der Waals surface area contributed by atoms with E-state index in [1.165, 1.54) is 6.92 Å². The molecular formula is C30H57N9O8. The smallest absolute Gasteiger partial charge is 0.328 e. The molecule has 0 aromatic carbocycles. The Balaban J connectivity index is 5.81. The zero-order valence-electron chi connectivity index (χ0n) is 28.7. The van der Waals surface area contributed by atoms with Crippen molar-refractivity contribution in [1.82, 2.24) is 26.6 Å². The molecule has 270 valence electrons. The van der Waals surface area contributed by atoms with Crippen molar-refractivity contribution in [3.63, 3.8) is 0 Å². The number of carboxylic acids is 1. The molecule has 0 aromatic heterocycles. The average molecular weight is 672 g/mol. The Kier molecular flexibility index (Phi) is 19.9. The van der Waals surface area contributed by atoms with Gasteiger partial charge in [0.05, 0.1) is 12.6 Å². The van der Waals surface area contributed by atoms with Crippen LogP contribution in [0.1, 0.15) is 80.6 Å². The van der Waals surface area contributed by atoms with Crippen LogP contribution < -0.4 is 43.8 Å². The quantitative estimate of drug-likeness (QED) is 0.0342. The van der Waals surface area contributed by atoms with Gasteiger partial charge in [-0.3, -0.25) is 29.0 Å². The van der Waals surface area contributed by atoms with E-state index in [1.807, 2.05) is 34.6 Å². The molecule has 0 rings (SSSR count). The van der Waals surface area contributed by atoms with Gasteiger partial charge in [-0.25, -0.2) is 4.79 Å². The Morgan fingerprint density at radius 1 is 0.702 bits per heavy atom. The van der Waals surface area contributed by atoms with Crippen LogP contribution in [0.15, 0.2) is 4.99 Å². The van der Waals surface area contributed by atoms with E-state index in [2.05, 4.69) is 31.6 Å². The predicted octanol–water partition coefficient (Wildman–Crippen LogP) is -1.97. The lowest BCUT2D eigenvalue weighted by molar-refractivity contribution is -0.143. The summed E-state index contributed by atoms with van der Waals surface area (Å²) in [6.07, 6.45) is 1.68. The normalized spacial score (nSPS) is 15.6. The Morgan fingerprint density at radius 3 is 1.64 bits per heavy atom. The highest BCUT2D eigenvalue weighted by atomic mass is 16.4. The van der Waals surface area contributed by atoms with E-state index in [-0.39, 0.29) is 43.0 Å². The highest BCUT2D eigenvalue weighted by molar-refractivity contribution is 5.96. The van der Waals surface area contributed by atoms with Crippen molar-refractivity contribution in [1.29, 1.82) is 0 Å². The summed E-state index contributed by atoms with van der Waals surface area (Å²) < 4.78 is 0. The molecule has 0 unspecified atom stereocenters. The summed E-state index contributed by atoms with van der Waals surface area (Å²) in [5, 5.41) is 31.0. The van der Waals surface area contributed by atoms with E-state index in [9.17, 15) is 33.9 Å². The van der Waals surface area contributed by atoms with Crippen LogP contribution in [0, 0.1) is 17.8 Å². The standard InChI is InChI=1S/C30H57N9O8/c1-8-17(6)23(39-27(44)21(13-16(4)5)36-25(42)19(31)10-9-11-34-30(32)33)28(45)37-20(12-15(2)3)26(43)35-18(7)24(41)38-22(14-40)29(46)47/h15-23,40H,8-14,31H2,1-7H3,(H,35,43)(H,36,42)(H,37,45)(H,38,41)(H,39,44)(H,46,47)(H4,32,33,34)/t17-,18-,19-,20-,21-,22-,23-/m0/s1. The minimum atomic E-state index is -1.55. The lowest BCUT2D eigenvalue weighted by Gasteiger charge is -2.30. The zero-order chi connectivity index (χ0) is 36.4. The van der Waals surface area contributed by atoms with Gasteiger partial charge in [0, 0.05) is 6.54 Å². The number of rotatable bonds is 22. The Morgan fingerprint density at radius 2 is 1.19 bits per heavy atom. The third-order valence-corrected chi connectivity index (χ3v) is 7.33. The number of amides is 5. The minimum absolute atomic E-state index is 0.00137. The fraction of sp³-hybridized carbons (Fsp3) is 0.767. The molecule has 47 heavy (non-hydrogen) atoms. The van der Waals surface area contributed by atoms with E-state index < -0.39 is 78.4 Å². The first-order valence-corrected chi connectivity index (χ1v) is 16.0. The Hall–Kier alpha value is -3.99. The molecule has 0 fully saturated rings. The highest BCUT2D eigenvalue weighted by Gasteiger charge is 2.34. The minimum Gasteiger partial charge on any atom is -0.480 e. The highest BCUT2D eigenvalue weighted by Crippen LogP contribution is 2.13. The van der Waals surface area contributed by atoms with E-state index in [0.717, 1.165) is 0 Å². The molecule has 0 heterocycles. The van der Waals surface area contributed by atoms with Crippen LogP contribution in [0.25, 0.3) is 0 Å². The molecule has 0 spiro atoms. The van der Waals surface area contributed by atoms with E-state index >= 15 is 0 Å². The van der Waals surface area contributed by atoms with Crippen LogP contribution in [0.4, 0.5) is 0 Å². The second kappa shape index (κ2) is 21.7. The number of hydrogen-bond acceptors (Lipinski definition) is 9. The number of nitrogens with one attached hydrogen (secondary N) is 5. The molecule has 0 aromatic rings. The molecule has 17 nitrogen and oxygen atoms in total. The van der Waals surface area contributed by atoms with Crippen LogP contribution in [-0.4, -0.2) is 101 Å². The molecular weight excluding hydrogens is 614 g/mol. The number of aliphatic imine (C=N–C) groups is 1. The average Bonchev–Trinajstić information content (AvgIpc) is 2.98. The van der Waals surface area contributed by atoms with Gasteiger partial charge in [0.25, 0.3) is 0 Å². The summed E-state index contributed by atoms with van der Waals surface area (Å²) in [6, 6.07) is -6.82. The molecule has 0 saturated carbocycles. The first-order chi connectivity index (χ1) is 21.8. The number of carbonyl (C=O) groups is 6. The maximum atomic E-state index is 13.6. The fourth-order valence-corrected chi connectivity index (χ4v) is 4.41. The molecule has 0 aliphatic rings. The lowest BCUT2D eigenvalue weighted by atomic mass is 9.95. The van der Waals surface area contributed by atoms with Gasteiger partial charge in [0.1, 0.15) is 30.2 Å². The number of guanidine groups is 1.